The molecule has 2 heteroatoms. The highest BCUT2D eigenvalue weighted by molar-refractivity contribution is 5.23. The molecule has 0 bridgehead atoms. The van der Waals surface area contributed by atoms with Gasteiger partial charge in [-0.25, -0.2) is 0 Å². The molecule has 0 saturated carbocycles. The summed E-state index contributed by atoms with van der Waals surface area (Å²) >= 11 is 0. The van der Waals surface area contributed by atoms with Crippen LogP contribution in [0, 0.1) is 0 Å². The lowest BCUT2D eigenvalue weighted by Gasteiger charge is -2.40. The topological polar surface area (TPSA) is 29.5 Å². The predicted octanol–water partition coefficient (Wildman–Crippen LogP) is 2.33. The van der Waals surface area contributed by atoms with E-state index in [0.717, 1.165) is 19.4 Å². The lowest BCUT2D eigenvalue weighted by atomic mass is 9.79. The summed E-state index contributed by atoms with van der Waals surface area (Å²) in [4.78, 5) is 0. The molecule has 1 saturated heterocycles. The highest BCUT2D eigenvalue weighted by atomic mass is 16.5. The highest BCUT2D eigenvalue weighted by Crippen LogP contribution is 2.38. The fraction of sp³-hybridized carbons (Fsp3) is 0.538. The molecule has 1 N–H and O–H groups in total. The Kier molecular flexibility index (Phi) is 3.08. The molecule has 15 heavy (non-hydrogen) atoms. The van der Waals surface area contributed by atoms with Gasteiger partial charge in [0.1, 0.15) is 0 Å². The number of hydrogen-bond donors (Lipinski definition) is 1. The van der Waals surface area contributed by atoms with Crippen molar-refractivity contribution in [1.29, 1.82) is 0 Å². The van der Waals surface area contributed by atoms with Crippen molar-refractivity contribution in [1.82, 2.24) is 0 Å². The van der Waals surface area contributed by atoms with E-state index < -0.39 is 5.60 Å². The molecule has 2 rings (SSSR count). The summed E-state index contributed by atoms with van der Waals surface area (Å²) in [6, 6.07) is 10.3. The molecule has 0 spiro atoms. The Morgan fingerprint density at radius 3 is 2.80 bits per heavy atom. The standard InChI is InChI=1S/C13H18O2/c1-13(10-14)12(8-5-9-15-13)11-6-3-2-4-7-11/h2-4,6-7,12,14H,5,8-10H2,1H3. The fourth-order valence-electron chi connectivity index (χ4n) is 2.36. The average Bonchev–Trinajstić information content (AvgIpc) is 2.31. The number of aliphatic hydroxyl groups is 1. The van der Waals surface area contributed by atoms with Crippen molar-refractivity contribution in [2.24, 2.45) is 0 Å². The zero-order chi connectivity index (χ0) is 10.7. The maximum Gasteiger partial charge on any atom is 0.0952 e. The van der Waals surface area contributed by atoms with Crippen molar-refractivity contribution >= 4 is 0 Å². The minimum absolute atomic E-state index is 0.0898. The largest absolute Gasteiger partial charge is 0.393 e. The molecule has 0 amide bonds. The zero-order valence-corrected chi connectivity index (χ0v) is 9.15. The number of benzene rings is 1. The van der Waals surface area contributed by atoms with Crippen LogP contribution < -0.4 is 0 Å². The molecule has 1 aliphatic heterocycles. The second-order valence-corrected chi connectivity index (χ2v) is 4.42. The second-order valence-electron chi connectivity index (χ2n) is 4.42. The summed E-state index contributed by atoms with van der Waals surface area (Å²) in [6.07, 6.45) is 2.18. The molecule has 2 atom stereocenters. The third kappa shape index (κ3) is 2.06. The van der Waals surface area contributed by atoms with Crippen molar-refractivity contribution in [3.05, 3.63) is 35.9 Å². The van der Waals surface area contributed by atoms with Crippen LogP contribution in [0.25, 0.3) is 0 Å². The third-order valence-electron chi connectivity index (χ3n) is 3.32. The fourth-order valence-corrected chi connectivity index (χ4v) is 2.36. The van der Waals surface area contributed by atoms with Gasteiger partial charge in [-0.05, 0) is 25.3 Å². The Labute approximate surface area is 90.9 Å². The summed E-state index contributed by atoms with van der Waals surface area (Å²) in [5.74, 6) is 0.317. The summed E-state index contributed by atoms with van der Waals surface area (Å²) in [7, 11) is 0. The van der Waals surface area contributed by atoms with E-state index >= 15 is 0 Å². The Balaban J connectivity index is 2.26. The van der Waals surface area contributed by atoms with Gasteiger partial charge in [0.05, 0.1) is 12.2 Å². The highest BCUT2D eigenvalue weighted by Gasteiger charge is 2.38. The van der Waals surface area contributed by atoms with E-state index in [9.17, 15) is 5.11 Å². The first-order chi connectivity index (χ1) is 7.26. The number of rotatable bonds is 2. The monoisotopic (exact) mass is 206 g/mol. The lowest BCUT2D eigenvalue weighted by Crippen LogP contribution is -2.43. The Hall–Kier alpha value is -0.860. The Morgan fingerprint density at radius 1 is 1.40 bits per heavy atom. The van der Waals surface area contributed by atoms with Gasteiger partial charge in [0.2, 0.25) is 0 Å². The Bertz CT molecular complexity index is 310. The van der Waals surface area contributed by atoms with Crippen molar-refractivity contribution < 1.29 is 9.84 Å². The van der Waals surface area contributed by atoms with Crippen LogP contribution in [-0.4, -0.2) is 23.9 Å². The first-order valence-corrected chi connectivity index (χ1v) is 5.56. The first kappa shape index (κ1) is 10.7. The van der Waals surface area contributed by atoms with E-state index in [4.69, 9.17) is 4.74 Å². The van der Waals surface area contributed by atoms with Crippen LogP contribution >= 0.6 is 0 Å². The smallest absolute Gasteiger partial charge is 0.0952 e. The van der Waals surface area contributed by atoms with Gasteiger partial charge >= 0.3 is 0 Å². The van der Waals surface area contributed by atoms with Crippen LogP contribution in [0.1, 0.15) is 31.2 Å². The van der Waals surface area contributed by atoms with Gasteiger partial charge in [0.25, 0.3) is 0 Å². The molecule has 82 valence electrons. The first-order valence-electron chi connectivity index (χ1n) is 5.56. The molecule has 0 radical (unpaired) electrons. The normalized spacial score (nSPS) is 31.5. The Morgan fingerprint density at radius 2 is 2.13 bits per heavy atom. The predicted molar refractivity (Wildman–Crippen MR) is 59.9 cm³/mol. The second kappa shape index (κ2) is 4.33. The molecule has 0 aliphatic carbocycles. The van der Waals surface area contributed by atoms with Crippen molar-refractivity contribution in [2.75, 3.05) is 13.2 Å². The van der Waals surface area contributed by atoms with Gasteiger partial charge in [0, 0.05) is 12.5 Å². The molecular formula is C13H18O2. The minimum atomic E-state index is -0.403. The van der Waals surface area contributed by atoms with Gasteiger partial charge in [-0.3, -0.25) is 0 Å². The molecule has 1 aromatic rings. The molecule has 1 fully saturated rings. The molecule has 0 aromatic heterocycles. The molecular weight excluding hydrogens is 188 g/mol. The average molecular weight is 206 g/mol. The summed E-state index contributed by atoms with van der Waals surface area (Å²) in [5, 5.41) is 9.46. The van der Waals surface area contributed by atoms with Crippen molar-refractivity contribution in [3.8, 4) is 0 Å². The van der Waals surface area contributed by atoms with Crippen LogP contribution in [0.5, 0.6) is 0 Å². The van der Waals surface area contributed by atoms with Crippen molar-refractivity contribution in [3.63, 3.8) is 0 Å². The summed E-state index contributed by atoms with van der Waals surface area (Å²) < 4.78 is 5.73. The van der Waals surface area contributed by atoms with Gasteiger partial charge in [-0.15, -0.1) is 0 Å². The molecule has 1 heterocycles. The van der Waals surface area contributed by atoms with Crippen LogP contribution in [-0.2, 0) is 4.74 Å². The van der Waals surface area contributed by atoms with E-state index in [1.165, 1.54) is 5.56 Å². The SMILES string of the molecule is CC1(CO)OCCCC1c1ccccc1. The van der Waals surface area contributed by atoms with Crippen LogP contribution in [0.2, 0.25) is 0 Å². The number of ether oxygens (including phenoxy) is 1. The van der Waals surface area contributed by atoms with E-state index in [-0.39, 0.29) is 6.61 Å². The van der Waals surface area contributed by atoms with E-state index in [2.05, 4.69) is 12.1 Å². The van der Waals surface area contributed by atoms with Crippen LogP contribution in [0.4, 0.5) is 0 Å². The van der Waals surface area contributed by atoms with E-state index in [0.29, 0.717) is 5.92 Å². The van der Waals surface area contributed by atoms with E-state index in [1.807, 2.05) is 25.1 Å². The lowest BCUT2D eigenvalue weighted by molar-refractivity contribution is -0.109. The maximum atomic E-state index is 9.46. The number of hydrogen-bond acceptors (Lipinski definition) is 2. The molecule has 2 unspecified atom stereocenters. The molecule has 1 aliphatic rings. The van der Waals surface area contributed by atoms with Gasteiger partial charge in [0.15, 0.2) is 0 Å². The molecule has 1 aromatic carbocycles. The van der Waals surface area contributed by atoms with Gasteiger partial charge in [-0.2, -0.15) is 0 Å². The maximum absolute atomic E-state index is 9.46. The van der Waals surface area contributed by atoms with E-state index in [1.54, 1.807) is 0 Å². The van der Waals surface area contributed by atoms with Gasteiger partial charge in [-0.1, -0.05) is 30.3 Å². The van der Waals surface area contributed by atoms with Crippen LogP contribution in [0.15, 0.2) is 30.3 Å². The minimum Gasteiger partial charge on any atom is -0.393 e. The quantitative estimate of drug-likeness (QED) is 0.804. The summed E-state index contributed by atoms with van der Waals surface area (Å²) in [6.45, 7) is 2.86. The van der Waals surface area contributed by atoms with Crippen LogP contribution in [0.3, 0.4) is 0 Å². The molecule has 2 nitrogen and oxygen atoms in total. The summed E-state index contributed by atoms with van der Waals surface area (Å²) in [5.41, 5.74) is 0.869. The zero-order valence-electron chi connectivity index (χ0n) is 9.15. The van der Waals surface area contributed by atoms with Crippen molar-refractivity contribution in [2.45, 2.75) is 31.3 Å². The third-order valence-corrected chi connectivity index (χ3v) is 3.32. The van der Waals surface area contributed by atoms with Gasteiger partial charge < -0.3 is 9.84 Å². The number of aliphatic hydroxyl groups excluding tert-OH is 1.